The molecular formula is C15H24FIN4O. The fourth-order valence-corrected chi connectivity index (χ4v) is 1.82. The van der Waals surface area contributed by atoms with Gasteiger partial charge in [-0.3, -0.25) is 9.79 Å². The van der Waals surface area contributed by atoms with E-state index in [-0.39, 0.29) is 35.7 Å². The van der Waals surface area contributed by atoms with Crippen molar-refractivity contribution in [3.05, 3.63) is 35.1 Å². The van der Waals surface area contributed by atoms with Crippen LogP contribution in [-0.2, 0) is 0 Å². The van der Waals surface area contributed by atoms with Gasteiger partial charge in [-0.2, -0.15) is 0 Å². The Bertz CT molecular complexity index is 518. The van der Waals surface area contributed by atoms with Gasteiger partial charge in [-0.05, 0) is 38.5 Å². The van der Waals surface area contributed by atoms with Crippen molar-refractivity contribution in [3.63, 3.8) is 0 Å². The zero-order chi connectivity index (χ0) is 15.8. The highest BCUT2D eigenvalue weighted by molar-refractivity contribution is 14.0. The quantitative estimate of drug-likeness (QED) is 0.320. The lowest BCUT2D eigenvalue weighted by atomic mass is 10.1. The highest BCUT2D eigenvalue weighted by atomic mass is 127. The first-order valence-electron chi connectivity index (χ1n) is 7.08. The van der Waals surface area contributed by atoms with Gasteiger partial charge in [0.1, 0.15) is 5.82 Å². The van der Waals surface area contributed by atoms with Crippen LogP contribution in [0.5, 0.6) is 0 Å². The SMILES string of the molecule is CCN(CC)C(N)=NCCNC(=O)c1ccc(C)c(F)c1.I. The van der Waals surface area contributed by atoms with Gasteiger partial charge >= 0.3 is 0 Å². The zero-order valence-electron chi connectivity index (χ0n) is 13.2. The van der Waals surface area contributed by atoms with Gasteiger partial charge in [0.05, 0.1) is 6.54 Å². The summed E-state index contributed by atoms with van der Waals surface area (Å²) in [6.07, 6.45) is 0. The number of hydrogen-bond donors (Lipinski definition) is 2. The Kier molecular flexibility index (Phi) is 9.71. The van der Waals surface area contributed by atoms with E-state index in [1.54, 1.807) is 19.1 Å². The monoisotopic (exact) mass is 422 g/mol. The molecule has 0 saturated carbocycles. The molecule has 5 nitrogen and oxygen atoms in total. The highest BCUT2D eigenvalue weighted by Crippen LogP contribution is 2.08. The van der Waals surface area contributed by atoms with E-state index in [0.717, 1.165) is 13.1 Å². The third-order valence-electron chi connectivity index (χ3n) is 3.19. The predicted octanol–water partition coefficient (Wildman–Crippen LogP) is 2.14. The number of aliphatic imine (C=N–C) groups is 1. The molecule has 0 aliphatic rings. The standard InChI is InChI=1S/C15H23FN4O.HI/c1-4-20(5-2)15(17)19-9-8-18-14(21)12-7-6-11(3)13(16)10-12;/h6-7,10H,4-5,8-9H2,1-3H3,(H2,17,19)(H,18,21);1H. The van der Waals surface area contributed by atoms with Crippen molar-refractivity contribution >= 4 is 35.8 Å². The average molecular weight is 422 g/mol. The van der Waals surface area contributed by atoms with E-state index < -0.39 is 0 Å². The van der Waals surface area contributed by atoms with E-state index in [9.17, 15) is 9.18 Å². The molecule has 0 radical (unpaired) electrons. The number of nitrogens with two attached hydrogens (primary N) is 1. The molecule has 7 heteroatoms. The number of carbonyl (C=O) groups excluding carboxylic acids is 1. The van der Waals surface area contributed by atoms with Crippen molar-refractivity contribution in [2.45, 2.75) is 20.8 Å². The number of nitrogens with one attached hydrogen (secondary N) is 1. The Morgan fingerprint density at radius 3 is 2.55 bits per heavy atom. The lowest BCUT2D eigenvalue weighted by Crippen LogP contribution is -2.37. The summed E-state index contributed by atoms with van der Waals surface area (Å²) in [5, 5.41) is 2.69. The van der Waals surface area contributed by atoms with Gasteiger partial charge in [0.25, 0.3) is 5.91 Å². The van der Waals surface area contributed by atoms with Crippen LogP contribution < -0.4 is 11.1 Å². The summed E-state index contributed by atoms with van der Waals surface area (Å²) in [6, 6.07) is 4.42. The number of hydrogen-bond acceptors (Lipinski definition) is 2. The van der Waals surface area contributed by atoms with E-state index >= 15 is 0 Å². The summed E-state index contributed by atoms with van der Waals surface area (Å²) in [5.41, 5.74) is 6.64. The van der Waals surface area contributed by atoms with E-state index in [1.807, 2.05) is 18.7 Å². The molecule has 0 spiro atoms. The van der Waals surface area contributed by atoms with E-state index in [2.05, 4.69) is 10.3 Å². The Morgan fingerprint density at radius 1 is 1.36 bits per heavy atom. The topological polar surface area (TPSA) is 70.7 Å². The van der Waals surface area contributed by atoms with Crippen molar-refractivity contribution in [1.29, 1.82) is 0 Å². The Morgan fingerprint density at radius 2 is 2.00 bits per heavy atom. The van der Waals surface area contributed by atoms with Crippen molar-refractivity contribution in [3.8, 4) is 0 Å². The molecule has 1 aromatic carbocycles. The summed E-state index contributed by atoms with van der Waals surface area (Å²) < 4.78 is 13.4. The molecule has 1 aromatic rings. The number of amides is 1. The molecule has 0 aliphatic carbocycles. The first-order chi connectivity index (χ1) is 9.99. The molecule has 0 bridgehead atoms. The molecule has 0 unspecified atom stereocenters. The molecule has 0 aliphatic heterocycles. The third-order valence-corrected chi connectivity index (χ3v) is 3.19. The average Bonchev–Trinajstić information content (AvgIpc) is 2.47. The molecule has 0 heterocycles. The zero-order valence-corrected chi connectivity index (χ0v) is 15.6. The summed E-state index contributed by atoms with van der Waals surface area (Å²) >= 11 is 0. The minimum Gasteiger partial charge on any atom is -0.370 e. The van der Waals surface area contributed by atoms with Gasteiger partial charge in [0.2, 0.25) is 0 Å². The number of nitrogens with zero attached hydrogens (tertiary/aromatic N) is 2. The fourth-order valence-electron chi connectivity index (χ4n) is 1.82. The normalized spacial score (nSPS) is 10.8. The second-order valence-electron chi connectivity index (χ2n) is 4.63. The van der Waals surface area contributed by atoms with Crippen molar-refractivity contribution in [2.75, 3.05) is 26.2 Å². The molecule has 0 fully saturated rings. The molecule has 124 valence electrons. The minimum atomic E-state index is -0.383. The Hall–Kier alpha value is -1.38. The maximum absolute atomic E-state index is 13.4. The maximum atomic E-state index is 13.4. The molecular weight excluding hydrogens is 398 g/mol. The van der Waals surface area contributed by atoms with Gasteiger partial charge in [0.15, 0.2) is 5.96 Å². The lowest BCUT2D eigenvalue weighted by Gasteiger charge is -2.19. The van der Waals surface area contributed by atoms with Crippen LogP contribution in [0.25, 0.3) is 0 Å². The molecule has 3 N–H and O–H groups in total. The first-order valence-corrected chi connectivity index (χ1v) is 7.08. The Labute approximate surface area is 148 Å². The maximum Gasteiger partial charge on any atom is 0.251 e. The van der Waals surface area contributed by atoms with Gasteiger partial charge in [-0.25, -0.2) is 4.39 Å². The second-order valence-corrected chi connectivity index (χ2v) is 4.63. The number of benzene rings is 1. The highest BCUT2D eigenvalue weighted by Gasteiger charge is 2.07. The summed E-state index contributed by atoms with van der Waals surface area (Å²) in [4.78, 5) is 18.0. The number of guanidine groups is 1. The lowest BCUT2D eigenvalue weighted by molar-refractivity contribution is 0.0954. The predicted molar refractivity (Wildman–Crippen MR) is 98.3 cm³/mol. The summed E-state index contributed by atoms with van der Waals surface area (Å²) in [5.74, 6) is -0.229. The minimum absolute atomic E-state index is 0. The van der Waals surface area contributed by atoms with E-state index in [4.69, 9.17) is 5.73 Å². The van der Waals surface area contributed by atoms with Gasteiger partial charge < -0.3 is 16.0 Å². The molecule has 0 atom stereocenters. The van der Waals surface area contributed by atoms with Crippen LogP contribution in [0.2, 0.25) is 0 Å². The van der Waals surface area contributed by atoms with E-state index in [1.165, 1.54) is 6.07 Å². The smallest absolute Gasteiger partial charge is 0.251 e. The second kappa shape index (κ2) is 10.4. The Balaban J connectivity index is 0.00000441. The number of carbonyl (C=O) groups is 1. The van der Waals surface area contributed by atoms with Crippen LogP contribution in [0.15, 0.2) is 23.2 Å². The largest absolute Gasteiger partial charge is 0.370 e. The summed E-state index contributed by atoms with van der Waals surface area (Å²) in [6.45, 7) is 7.99. The number of aryl methyl sites for hydroxylation is 1. The molecule has 1 rings (SSSR count). The fraction of sp³-hybridized carbons (Fsp3) is 0.467. The van der Waals surface area contributed by atoms with Gasteiger partial charge in [0, 0.05) is 25.2 Å². The number of halogens is 2. The van der Waals surface area contributed by atoms with Gasteiger partial charge in [-0.15, -0.1) is 24.0 Å². The van der Waals surface area contributed by atoms with Crippen molar-refractivity contribution in [2.24, 2.45) is 10.7 Å². The van der Waals surface area contributed by atoms with Crippen molar-refractivity contribution in [1.82, 2.24) is 10.2 Å². The van der Waals surface area contributed by atoms with E-state index in [0.29, 0.717) is 30.2 Å². The van der Waals surface area contributed by atoms with Crippen LogP contribution in [0, 0.1) is 12.7 Å². The van der Waals surface area contributed by atoms with Gasteiger partial charge in [-0.1, -0.05) is 6.07 Å². The molecule has 22 heavy (non-hydrogen) atoms. The van der Waals surface area contributed by atoms with Crippen LogP contribution in [0.3, 0.4) is 0 Å². The van der Waals surface area contributed by atoms with Crippen LogP contribution in [0.4, 0.5) is 4.39 Å². The first kappa shape index (κ1) is 20.6. The van der Waals surface area contributed by atoms with Crippen LogP contribution in [-0.4, -0.2) is 42.9 Å². The molecule has 0 aromatic heterocycles. The summed E-state index contributed by atoms with van der Waals surface area (Å²) in [7, 11) is 0. The molecule has 0 saturated heterocycles. The van der Waals surface area contributed by atoms with Crippen LogP contribution >= 0.6 is 24.0 Å². The van der Waals surface area contributed by atoms with Crippen molar-refractivity contribution < 1.29 is 9.18 Å². The number of rotatable bonds is 6. The third kappa shape index (κ3) is 6.17. The molecule has 1 amide bonds. The van der Waals surface area contributed by atoms with Crippen LogP contribution in [0.1, 0.15) is 29.8 Å².